The fourth-order valence-corrected chi connectivity index (χ4v) is 0.596. The molecule has 0 rings (SSSR count). The Morgan fingerprint density at radius 3 is 2.90 bits per heavy atom. The molecule has 0 saturated heterocycles. The second-order valence-electron chi connectivity index (χ2n) is 2.16. The molecule has 0 aromatic rings. The maximum Gasteiger partial charge on any atom is 0.0965 e. The standard InChI is InChI=1S/C8H16N2/c1-4-6-9-8(3)10-7-5-2/h4,6,8,10H,1,5,7H2,2-3H3. The lowest BCUT2D eigenvalue weighted by Crippen LogP contribution is -2.24. The number of hydrogen-bond donors (Lipinski definition) is 1. The van der Waals surface area contributed by atoms with E-state index in [9.17, 15) is 0 Å². The van der Waals surface area contributed by atoms with Crippen molar-refractivity contribution in [3.63, 3.8) is 0 Å². The van der Waals surface area contributed by atoms with E-state index in [0.717, 1.165) is 13.0 Å². The Morgan fingerprint density at radius 2 is 2.40 bits per heavy atom. The summed E-state index contributed by atoms with van der Waals surface area (Å²) < 4.78 is 0. The predicted molar refractivity (Wildman–Crippen MR) is 46.4 cm³/mol. The van der Waals surface area contributed by atoms with Crippen molar-refractivity contribution in [3.05, 3.63) is 12.7 Å². The lowest BCUT2D eigenvalue weighted by molar-refractivity contribution is 0.568. The predicted octanol–water partition coefficient (Wildman–Crippen LogP) is 1.59. The Bertz CT molecular complexity index is 108. The highest BCUT2D eigenvalue weighted by Crippen LogP contribution is 1.82. The van der Waals surface area contributed by atoms with Crippen LogP contribution < -0.4 is 5.32 Å². The zero-order valence-electron chi connectivity index (χ0n) is 6.80. The lowest BCUT2D eigenvalue weighted by Gasteiger charge is -2.05. The highest BCUT2D eigenvalue weighted by atomic mass is 15.0. The third-order valence-electron chi connectivity index (χ3n) is 1.10. The van der Waals surface area contributed by atoms with Crippen molar-refractivity contribution in [3.8, 4) is 0 Å². The summed E-state index contributed by atoms with van der Waals surface area (Å²) in [6.07, 6.45) is 4.77. The van der Waals surface area contributed by atoms with E-state index in [1.165, 1.54) is 0 Å². The van der Waals surface area contributed by atoms with Crippen LogP contribution in [-0.4, -0.2) is 18.9 Å². The van der Waals surface area contributed by atoms with Crippen LogP contribution in [0.5, 0.6) is 0 Å². The topological polar surface area (TPSA) is 24.4 Å². The molecular weight excluding hydrogens is 124 g/mol. The quantitative estimate of drug-likeness (QED) is 0.576. The van der Waals surface area contributed by atoms with Crippen LogP contribution in [0.1, 0.15) is 20.3 Å². The largest absolute Gasteiger partial charge is 0.296 e. The second-order valence-corrected chi connectivity index (χ2v) is 2.16. The molecule has 0 aliphatic carbocycles. The second kappa shape index (κ2) is 6.49. The summed E-state index contributed by atoms with van der Waals surface area (Å²) in [5.74, 6) is 0. The van der Waals surface area contributed by atoms with Crippen molar-refractivity contribution >= 4 is 6.21 Å². The van der Waals surface area contributed by atoms with Crippen molar-refractivity contribution in [1.82, 2.24) is 5.32 Å². The molecule has 2 heteroatoms. The maximum atomic E-state index is 4.13. The van der Waals surface area contributed by atoms with Gasteiger partial charge in [-0.25, -0.2) is 0 Å². The van der Waals surface area contributed by atoms with E-state index >= 15 is 0 Å². The number of hydrogen-bond acceptors (Lipinski definition) is 2. The molecule has 0 bridgehead atoms. The highest BCUT2D eigenvalue weighted by Gasteiger charge is 1.91. The van der Waals surface area contributed by atoms with E-state index in [4.69, 9.17) is 0 Å². The van der Waals surface area contributed by atoms with Gasteiger partial charge in [0.15, 0.2) is 0 Å². The minimum absolute atomic E-state index is 0.220. The average molecular weight is 140 g/mol. The van der Waals surface area contributed by atoms with Crippen LogP contribution in [0.4, 0.5) is 0 Å². The van der Waals surface area contributed by atoms with Gasteiger partial charge in [0.05, 0.1) is 6.17 Å². The van der Waals surface area contributed by atoms with E-state index in [1.54, 1.807) is 12.3 Å². The molecule has 0 radical (unpaired) electrons. The summed E-state index contributed by atoms with van der Waals surface area (Å²) in [6.45, 7) is 8.72. The molecule has 0 saturated carbocycles. The molecule has 0 fully saturated rings. The Hall–Kier alpha value is -0.630. The molecule has 1 unspecified atom stereocenters. The van der Waals surface area contributed by atoms with Gasteiger partial charge >= 0.3 is 0 Å². The molecule has 10 heavy (non-hydrogen) atoms. The highest BCUT2D eigenvalue weighted by molar-refractivity contribution is 5.70. The van der Waals surface area contributed by atoms with E-state index < -0.39 is 0 Å². The van der Waals surface area contributed by atoms with E-state index in [0.29, 0.717) is 0 Å². The van der Waals surface area contributed by atoms with E-state index in [2.05, 4.69) is 23.8 Å². The molecule has 58 valence electrons. The first kappa shape index (κ1) is 9.37. The molecule has 1 N–H and O–H groups in total. The first-order chi connectivity index (χ1) is 4.81. The molecule has 2 nitrogen and oxygen atoms in total. The Kier molecular flexibility index (Phi) is 6.08. The average Bonchev–Trinajstić information content (AvgIpc) is 1.97. The SMILES string of the molecule is C=CC=NC(C)NCCC. The van der Waals surface area contributed by atoms with Crippen molar-refractivity contribution in [2.24, 2.45) is 4.99 Å². The van der Waals surface area contributed by atoms with Crippen molar-refractivity contribution in [2.45, 2.75) is 26.4 Å². The van der Waals surface area contributed by atoms with Gasteiger partial charge in [-0.3, -0.25) is 10.3 Å². The van der Waals surface area contributed by atoms with Gasteiger partial charge in [-0.2, -0.15) is 0 Å². The number of aliphatic imine (C=N–C) groups is 1. The Balaban J connectivity index is 3.32. The summed E-state index contributed by atoms with van der Waals surface area (Å²) in [7, 11) is 0. The van der Waals surface area contributed by atoms with Gasteiger partial charge in [0.1, 0.15) is 0 Å². The van der Waals surface area contributed by atoms with Crippen molar-refractivity contribution in [1.29, 1.82) is 0 Å². The van der Waals surface area contributed by atoms with Crippen LogP contribution in [-0.2, 0) is 0 Å². The van der Waals surface area contributed by atoms with Gasteiger partial charge in [-0.1, -0.05) is 19.6 Å². The van der Waals surface area contributed by atoms with Crippen molar-refractivity contribution < 1.29 is 0 Å². The molecule has 0 heterocycles. The van der Waals surface area contributed by atoms with Crippen LogP contribution in [0.3, 0.4) is 0 Å². The summed E-state index contributed by atoms with van der Waals surface area (Å²) in [4.78, 5) is 4.13. The fourth-order valence-electron chi connectivity index (χ4n) is 0.596. The van der Waals surface area contributed by atoms with Crippen LogP contribution in [0, 0.1) is 0 Å². The smallest absolute Gasteiger partial charge is 0.0965 e. The normalized spacial score (nSPS) is 13.8. The van der Waals surface area contributed by atoms with Crippen LogP contribution in [0.25, 0.3) is 0 Å². The first-order valence-electron chi connectivity index (χ1n) is 3.68. The molecular formula is C8H16N2. The molecule has 1 atom stereocenters. The summed E-state index contributed by atoms with van der Waals surface area (Å²) in [5, 5.41) is 3.22. The van der Waals surface area contributed by atoms with E-state index in [-0.39, 0.29) is 6.17 Å². The molecule has 0 spiro atoms. The number of allylic oxidation sites excluding steroid dienone is 1. The minimum Gasteiger partial charge on any atom is -0.296 e. The summed E-state index contributed by atoms with van der Waals surface area (Å²) in [5.41, 5.74) is 0. The van der Waals surface area contributed by atoms with Crippen LogP contribution in [0.2, 0.25) is 0 Å². The van der Waals surface area contributed by atoms with E-state index in [1.807, 2.05) is 6.92 Å². The van der Waals surface area contributed by atoms with Gasteiger partial charge in [0.2, 0.25) is 0 Å². The van der Waals surface area contributed by atoms with Gasteiger partial charge < -0.3 is 0 Å². The van der Waals surface area contributed by atoms with Gasteiger partial charge in [0, 0.05) is 6.21 Å². The number of rotatable bonds is 5. The molecule has 0 aromatic carbocycles. The molecule has 0 aromatic heterocycles. The zero-order chi connectivity index (χ0) is 7.82. The van der Waals surface area contributed by atoms with Crippen LogP contribution >= 0.6 is 0 Å². The van der Waals surface area contributed by atoms with Gasteiger partial charge in [-0.15, -0.1) is 0 Å². The Morgan fingerprint density at radius 1 is 1.70 bits per heavy atom. The summed E-state index contributed by atoms with van der Waals surface area (Å²) in [6, 6.07) is 0. The fraction of sp³-hybridized carbons (Fsp3) is 0.625. The van der Waals surface area contributed by atoms with Gasteiger partial charge in [0.25, 0.3) is 0 Å². The monoisotopic (exact) mass is 140 g/mol. The molecule has 0 amide bonds. The first-order valence-corrected chi connectivity index (χ1v) is 3.68. The third-order valence-corrected chi connectivity index (χ3v) is 1.10. The zero-order valence-corrected chi connectivity index (χ0v) is 6.80. The maximum absolute atomic E-state index is 4.13. The minimum atomic E-state index is 0.220. The number of nitrogens with zero attached hydrogens (tertiary/aromatic N) is 1. The van der Waals surface area contributed by atoms with Crippen molar-refractivity contribution in [2.75, 3.05) is 6.54 Å². The molecule has 0 aliphatic heterocycles. The lowest BCUT2D eigenvalue weighted by atomic mass is 10.4. The third kappa shape index (κ3) is 5.51. The number of nitrogens with one attached hydrogen (secondary N) is 1. The summed E-state index contributed by atoms with van der Waals surface area (Å²) >= 11 is 0. The van der Waals surface area contributed by atoms with Crippen LogP contribution in [0.15, 0.2) is 17.6 Å². The Labute approximate surface area is 63.0 Å². The molecule has 0 aliphatic rings. The van der Waals surface area contributed by atoms with Gasteiger partial charge in [-0.05, 0) is 19.9 Å².